The zero-order chi connectivity index (χ0) is 11.6. The lowest BCUT2D eigenvalue weighted by Gasteiger charge is -2.08. The Morgan fingerprint density at radius 2 is 1.87 bits per heavy atom. The highest BCUT2D eigenvalue weighted by atomic mass is 16.5. The number of carbonyl (C=O) groups is 2. The third kappa shape index (κ3) is 2.56. The molecule has 0 saturated carbocycles. The molecular weight excluding hydrogens is 196 g/mol. The smallest absolute Gasteiger partial charge is 0.308 e. The third-order valence-electron chi connectivity index (χ3n) is 1.85. The number of aryl methyl sites for hydroxylation is 1. The van der Waals surface area contributed by atoms with Gasteiger partial charge in [0.05, 0.1) is 5.56 Å². The summed E-state index contributed by atoms with van der Waals surface area (Å²) >= 11 is 0. The number of esters is 1. The van der Waals surface area contributed by atoms with Crippen LogP contribution in [0.5, 0.6) is 11.5 Å². The maximum absolute atomic E-state index is 11.2. The summed E-state index contributed by atoms with van der Waals surface area (Å²) in [5.41, 5.74) is 0.903. The van der Waals surface area contributed by atoms with Crippen LogP contribution in [0.2, 0.25) is 0 Å². The molecule has 0 unspecified atom stereocenters. The first-order valence-electron chi connectivity index (χ1n) is 4.44. The van der Waals surface area contributed by atoms with E-state index < -0.39 is 5.97 Å². The lowest BCUT2D eigenvalue weighted by atomic mass is 10.1. The van der Waals surface area contributed by atoms with E-state index in [2.05, 4.69) is 0 Å². The number of Topliss-reactive ketones (excluding diaryl/α,β-unsaturated/α-hetero) is 1. The summed E-state index contributed by atoms with van der Waals surface area (Å²) in [6.45, 7) is 4.32. The van der Waals surface area contributed by atoms with Gasteiger partial charge in [0.25, 0.3) is 0 Å². The van der Waals surface area contributed by atoms with Crippen molar-refractivity contribution in [3.05, 3.63) is 23.3 Å². The summed E-state index contributed by atoms with van der Waals surface area (Å²) < 4.78 is 4.78. The molecule has 0 bridgehead atoms. The van der Waals surface area contributed by atoms with Gasteiger partial charge in [-0.3, -0.25) is 9.59 Å². The maximum atomic E-state index is 11.2. The number of aromatic hydroxyl groups is 1. The monoisotopic (exact) mass is 208 g/mol. The van der Waals surface area contributed by atoms with E-state index in [9.17, 15) is 14.7 Å². The largest absolute Gasteiger partial charge is 0.504 e. The predicted molar refractivity (Wildman–Crippen MR) is 54.2 cm³/mol. The molecule has 1 N–H and O–H groups in total. The van der Waals surface area contributed by atoms with E-state index in [1.165, 1.54) is 19.9 Å². The molecule has 0 aliphatic rings. The molecule has 1 aromatic carbocycles. The van der Waals surface area contributed by atoms with E-state index in [0.717, 1.165) is 5.56 Å². The highest BCUT2D eigenvalue weighted by Gasteiger charge is 2.14. The second kappa shape index (κ2) is 4.13. The van der Waals surface area contributed by atoms with Crippen LogP contribution in [-0.2, 0) is 4.79 Å². The molecule has 0 amide bonds. The number of hydrogen-bond acceptors (Lipinski definition) is 4. The van der Waals surface area contributed by atoms with Crippen molar-refractivity contribution in [3.63, 3.8) is 0 Å². The number of benzene rings is 1. The van der Waals surface area contributed by atoms with Gasteiger partial charge in [-0.1, -0.05) is 0 Å². The third-order valence-corrected chi connectivity index (χ3v) is 1.85. The van der Waals surface area contributed by atoms with Gasteiger partial charge >= 0.3 is 5.97 Å². The minimum absolute atomic E-state index is 0.0210. The van der Waals surface area contributed by atoms with Crippen molar-refractivity contribution in [2.45, 2.75) is 20.8 Å². The van der Waals surface area contributed by atoms with Crippen molar-refractivity contribution in [3.8, 4) is 11.5 Å². The van der Waals surface area contributed by atoms with Gasteiger partial charge in [-0.25, -0.2) is 0 Å². The van der Waals surface area contributed by atoms with Gasteiger partial charge < -0.3 is 9.84 Å². The Hall–Kier alpha value is -1.84. The number of ketones is 1. The van der Waals surface area contributed by atoms with E-state index in [1.807, 2.05) is 0 Å². The van der Waals surface area contributed by atoms with Crippen LogP contribution < -0.4 is 4.74 Å². The molecule has 0 aliphatic heterocycles. The molecule has 0 radical (unpaired) electrons. The number of rotatable bonds is 2. The average Bonchev–Trinajstić information content (AvgIpc) is 2.09. The molecule has 0 aromatic heterocycles. The number of phenols is 1. The van der Waals surface area contributed by atoms with Crippen molar-refractivity contribution >= 4 is 11.8 Å². The van der Waals surface area contributed by atoms with E-state index in [-0.39, 0.29) is 22.8 Å². The van der Waals surface area contributed by atoms with Crippen LogP contribution in [0.25, 0.3) is 0 Å². The van der Waals surface area contributed by atoms with Crippen LogP contribution in [0.3, 0.4) is 0 Å². The van der Waals surface area contributed by atoms with Crippen molar-refractivity contribution < 1.29 is 19.4 Å². The van der Waals surface area contributed by atoms with Crippen LogP contribution in [0.1, 0.15) is 29.8 Å². The van der Waals surface area contributed by atoms with Gasteiger partial charge in [0.2, 0.25) is 0 Å². The number of carbonyl (C=O) groups excluding carboxylic acids is 2. The number of phenolic OH excluding ortho intramolecular Hbond substituents is 1. The second-order valence-electron chi connectivity index (χ2n) is 3.31. The average molecular weight is 208 g/mol. The molecule has 0 aliphatic carbocycles. The fourth-order valence-corrected chi connectivity index (χ4v) is 1.25. The van der Waals surface area contributed by atoms with Crippen LogP contribution in [0.15, 0.2) is 12.1 Å². The van der Waals surface area contributed by atoms with E-state index in [1.54, 1.807) is 13.0 Å². The molecule has 0 fully saturated rings. The molecular formula is C11H12O4. The van der Waals surface area contributed by atoms with E-state index in [4.69, 9.17) is 4.74 Å². The molecule has 4 heteroatoms. The number of ether oxygens (including phenoxy) is 1. The molecule has 1 aromatic rings. The predicted octanol–water partition coefficient (Wildman–Crippen LogP) is 1.83. The zero-order valence-corrected chi connectivity index (χ0v) is 8.83. The normalized spacial score (nSPS) is 9.80. The highest BCUT2D eigenvalue weighted by Crippen LogP contribution is 2.31. The minimum Gasteiger partial charge on any atom is -0.504 e. The summed E-state index contributed by atoms with van der Waals surface area (Å²) in [6.07, 6.45) is 0. The van der Waals surface area contributed by atoms with Gasteiger partial charge in [-0.15, -0.1) is 0 Å². The molecule has 15 heavy (non-hydrogen) atoms. The van der Waals surface area contributed by atoms with Crippen LogP contribution in [0.4, 0.5) is 0 Å². The molecule has 0 saturated heterocycles. The lowest BCUT2D eigenvalue weighted by molar-refractivity contribution is -0.132. The van der Waals surface area contributed by atoms with Crippen LogP contribution in [0, 0.1) is 6.92 Å². The Morgan fingerprint density at radius 3 is 2.33 bits per heavy atom. The Kier molecular flexibility index (Phi) is 3.09. The van der Waals surface area contributed by atoms with E-state index in [0.29, 0.717) is 0 Å². The van der Waals surface area contributed by atoms with Gasteiger partial charge in [0, 0.05) is 6.92 Å². The highest BCUT2D eigenvalue weighted by molar-refractivity contribution is 5.98. The molecule has 0 spiro atoms. The summed E-state index contributed by atoms with van der Waals surface area (Å²) in [4.78, 5) is 21.9. The van der Waals surface area contributed by atoms with Crippen molar-refractivity contribution in [1.82, 2.24) is 0 Å². The topological polar surface area (TPSA) is 63.6 Å². The van der Waals surface area contributed by atoms with Gasteiger partial charge in [-0.05, 0) is 31.5 Å². The SMILES string of the molecule is CC(=O)Oc1cc(C)cc(C(C)=O)c1O. The fraction of sp³-hybridized carbons (Fsp3) is 0.273. The maximum Gasteiger partial charge on any atom is 0.308 e. The van der Waals surface area contributed by atoms with Gasteiger partial charge in [-0.2, -0.15) is 0 Å². The number of hydrogen-bond donors (Lipinski definition) is 1. The first-order chi connectivity index (χ1) is 6.91. The molecule has 80 valence electrons. The Balaban J connectivity index is 3.28. The van der Waals surface area contributed by atoms with Gasteiger partial charge in [0.1, 0.15) is 0 Å². The van der Waals surface area contributed by atoms with Crippen molar-refractivity contribution in [2.24, 2.45) is 0 Å². The zero-order valence-electron chi connectivity index (χ0n) is 8.83. The molecule has 0 heterocycles. The fourth-order valence-electron chi connectivity index (χ4n) is 1.25. The Morgan fingerprint density at radius 1 is 1.27 bits per heavy atom. The molecule has 0 atom stereocenters. The first-order valence-corrected chi connectivity index (χ1v) is 4.44. The minimum atomic E-state index is -0.537. The Bertz CT molecular complexity index is 421. The van der Waals surface area contributed by atoms with E-state index >= 15 is 0 Å². The lowest BCUT2D eigenvalue weighted by Crippen LogP contribution is -2.04. The summed E-state index contributed by atoms with van der Waals surface area (Å²) in [7, 11) is 0. The standard InChI is InChI=1S/C11H12O4/c1-6-4-9(7(2)12)11(14)10(5-6)15-8(3)13/h4-5,14H,1-3H3. The van der Waals surface area contributed by atoms with Crippen molar-refractivity contribution in [1.29, 1.82) is 0 Å². The summed E-state index contributed by atoms with van der Waals surface area (Å²) in [5.74, 6) is -1.08. The quantitative estimate of drug-likeness (QED) is 0.457. The van der Waals surface area contributed by atoms with Crippen molar-refractivity contribution in [2.75, 3.05) is 0 Å². The Labute approximate surface area is 87.5 Å². The molecule has 1 rings (SSSR count). The summed E-state index contributed by atoms with van der Waals surface area (Å²) in [5, 5.41) is 9.63. The first kappa shape index (κ1) is 11.2. The molecule has 4 nitrogen and oxygen atoms in total. The second-order valence-corrected chi connectivity index (χ2v) is 3.31. The van der Waals surface area contributed by atoms with Gasteiger partial charge in [0.15, 0.2) is 17.3 Å². The van der Waals surface area contributed by atoms with Crippen LogP contribution in [-0.4, -0.2) is 16.9 Å². The van der Waals surface area contributed by atoms with Crippen LogP contribution >= 0.6 is 0 Å². The summed E-state index contributed by atoms with van der Waals surface area (Å²) in [6, 6.07) is 3.05.